The standard InChI is InChI=1S/C23H16N2O4/c1-13-9-11-15(12-10-13)25-22(27)18-19(24-29-21(18)23(25)28)20(26)17-8-4-6-14-5-2-3-7-16(14)17/h2-12,18,21H,1H3. The summed E-state index contributed by atoms with van der Waals surface area (Å²) in [5.74, 6) is -2.43. The maximum absolute atomic E-state index is 13.3. The van der Waals surface area contributed by atoms with Crippen LogP contribution in [-0.2, 0) is 14.4 Å². The molecule has 5 rings (SSSR count). The molecule has 2 unspecified atom stereocenters. The van der Waals surface area contributed by atoms with Crippen LogP contribution in [0, 0.1) is 12.8 Å². The van der Waals surface area contributed by atoms with Gasteiger partial charge in [-0.3, -0.25) is 14.4 Å². The molecule has 2 aliphatic heterocycles. The molecule has 2 aliphatic rings. The lowest BCUT2D eigenvalue weighted by molar-refractivity contribution is -0.126. The van der Waals surface area contributed by atoms with Gasteiger partial charge in [0.05, 0.1) is 5.69 Å². The van der Waals surface area contributed by atoms with Crippen LogP contribution in [0.25, 0.3) is 10.8 Å². The first-order chi connectivity index (χ1) is 14.1. The van der Waals surface area contributed by atoms with Crippen molar-refractivity contribution in [3.8, 4) is 0 Å². The second-order valence-corrected chi connectivity index (χ2v) is 7.18. The zero-order chi connectivity index (χ0) is 20.1. The van der Waals surface area contributed by atoms with E-state index >= 15 is 0 Å². The lowest BCUT2D eigenvalue weighted by atomic mass is 9.91. The Kier molecular flexibility index (Phi) is 3.81. The average molecular weight is 384 g/mol. The minimum absolute atomic E-state index is 0.0284. The maximum Gasteiger partial charge on any atom is 0.278 e. The van der Waals surface area contributed by atoms with Crippen molar-refractivity contribution in [2.45, 2.75) is 13.0 Å². The molecule has 0 saturated carbocycles. The van der Waals surface area contributed by atoms with Crippen LogP contribution < -0.4 is 4.90 Å². The van der Waals surface area contributed by atoms with Crippen molar-refractivity contribution in [3.05, 3.63) is 77.9 Å². The molecule has 3 aromatic rings. The van der Waals surface area contributed by atoms with E-state index in [0.29, 0.717) is 11.3 Å². The van der Waals surface area contributed by atoms with Crippen molar-refractivity contribution >= 4 is 39.8 Å². The van der Waals surface area contributed by atoms with Crippen LogP contribution in [0.5, 0.6) is 0 Å². The highest BCUT2D eigenvalue weighted by atomic mass is 16.7. The van der Waals surface area contributed by atoms with Crippen molar-refractivity contribution < 1.29 is 19.2 Å². The molecular formula is C23H16N2O4. The molecule has 0 spiro atoms. The van der Waals surface area contributed by atoms with Gasteiger partial charge in [-0.25, -0.2) is 4.90 Å². The molecule has 0 bridgehead atoms. The summed E-state index contributed by atoms with van der Waals surface area (Å²) in [6.45, 7) is 1.92. The van der Waals surface area contributed by atoms with Crippen molar-refractivity contribution in [1.29, 1.82) is 0 Å². The topological polar surface area (TPSA) is 76.0 Å². The zero-order valence-electron chi connectivity index (χ0n) is 15.5. The van der Waals surface area contributed by atoms with Crippen LogP contribution in [0.3, 0.4) is 0 Å². The first-order valence-electron chi connectivity index (χ1n) is 9.27. The van der Waals surface area contributed by atoms with E-state index in [-0.39, 0.29) is 5.71 Å². The number of aryl methyl sites for hydroxylation is 1. The Hall–Kier alpha value is -3.80. The molecule has 2 heterocycles. The van der Waals surface area contributed by atoms with Crippen molar-refractivity contribution in [1.82, 2.24) is 0 Å². The normalized spacial score (nSPS) is 20.6. The summed E-state index contributed by atoms with van der Waals surface area (Å²) in [7, 11) is 0. The number of amides is 2. The van der Waals surface area contributed by atoms with Crippen LogP contribution in [0.2, 0.25) is 0 Å². The number of oxime groups is 1. The second kappa shape index (κ2) is 6.38. The fourth-order valence-corrected chi connectivity index (χ4v) is 3.88. The van der Waals surface area contributed by atoms with Gasteiger partial charge in [-0.05, 0) is 29.8 Å². The van der Waals surface area contributed by atoms with Gasteiger partial charge in [0.1, 0.15) is 11.6 Å². The van der Waals surface area contributed by atoms with E-state index in [1.165, 1.54) is 0 Å². The minimum Gasteiger partial charge on any atom is -0.381 e. The number of carbonyl (C=O) groups excluding carboxylic acids is 3. The number of Topliss-reactive ketones (excluding diaryl/α,β-unsaturated/α-hetero) is 1. The van der Waals surface area contributed by atoms with Crippen molar-refractivity contribution in [2.24, 2.45) is 11.1 Å². The summed E-state index contributed by atoms with van der Waals surface area (Å²) in [5.41, 5.74) is 1.87. The Morgan fingerprint density at radius 2 is 1.66 bits per heavy atom. The summed E-state index contributed by atoms with van der Waals surface area (Å²) < 4.78 is 0. The van der Waals surface area contributed by atoms with E-state index in [9.17, 15) is 14.4 Å². The van der Waals surface area contributed by atoms with E-state index in [2.05, 4.69) is 5.16 Å². The van der Waals surface area contributed by atoms with Gasteiger partial charge in [-0.2, -0.15) is 0 Å². The number of benzene rings is 3. The Balaban J connectivity index is 1.52. The monoisotopic (exact) mass is 384 g/mol. The number of imide groups is 1. The summed E-state index contributed by atoms with van der Waals surface area (Å²) in [6.07, 6.45) is -1.10. The molecule has 0 N–H and O–H groups in total. The number of hydrogen-bond donors (Lipinski definition) is 0. The van der Waals surface area contributed by atoms with Gasteiger partial charge >= 0.3 is 0 Å². The molecule has 1 saturated heterocycles. The molecule has 0 aromatic heterocycles. The first kappa shape index (κ1) is 17.3. The van der Waals surface area contributed by atoms with Crippen LogP contribution >= 0.6 is 0 Å². The third-order valence-electron chi connectivity index (χ3n) is 5.37. The number of fused-ring (bicyclic) bond motifs is 2. The number of anilines is 1. The highest BCUT2D eigenvalue weighted by Crippen LogP contribution is 2.35. The molecule has 0 radical (unpaired) electrons. The first-order valence-corrected chi connectivity index (χ1v) is 9.27. The number of nitrogens with zero attached hydrogens (tertiary/aromatic N) is 2. The van der Waals surface area contributed by atoms with Gasteiger partial charge < -0.3 is 4.84 Å². The van der Waals surface area contributed by atoms with Gasteiger partial charge in [0.25, 0.3) is 5.91 Å². The summed E-state index contributed by atoms with van der Waals surface area (Å²) in [4.78, 5) is 45.5. The second-order valence-electron chi connectivity index (χ2n) is 7.18. The van der Waals surface area contributed by atoms with Crippen LogP contribution in [0.4, 0.5) is 5.69 Å². The predicted octanol–water partition coefficient (Wildman–Crippen LogP) is 3.28. The largest absolute Gasteiger partial charge is 0.381 e. The molecule has 6 heteroatoms. The van der Waals surface area contributed by atoms with Crippen LogP contribution in [0.15, 0.2) is 71.9 Å². The fourth-order valence-electron chi connectivity index (χ4n) is 3.88. The lowest BCUT2D eigenvalue weighted by Gasteiger charge is -2.15. The van der Waals surface area contributed by atoms with E-state index in [0.717, 1.165) is 21.2 Å². The molecule has 29 heavy (non-hydrogen) atoms. The maximum atomic E-state index is 13.3. The van der Waals surface area contributed by atoms with Gasteiger partial charge in [0.2, 0.25) is 17.8 Å². The SMILES string of the molecule is Cc1ccc(N2C(=O)C3ON=C(C(=O)c4cccc5ccccc45)C3C2=O)cc1. The molecule has 0 aliphatic carbocycles. The smallest absolute Gasteiger partial charge is 0.278 e. The van der Waals surface area contributed by atoms with Crippen molar-refractivity contribution in [3.63, 3.8) is 0 Å². The Morgan fingerprint density at radius 1 is 0.931 bits per heavy atom. The summed E-state index contributed by atoms with van der Waals surface area (Å²) >= 11 is 0. The molecule has 6 nitrogen and oxygen atoms in total. The summed E-state index contributed by atoms with van der Waals surface area (Å²) in [5, 5.41) is 5.51. The van der Waals surface area contributed by atoms with E-state index < -0.39 is 29.6 Å². The van der Waals surface area contributed by atoms with Gasteiger partial charge in [-0.15, -0.1) is 0 Å². The number of rotatable bonds is 3. The number of ketones is 1. The van der Waals surface area contributed by atoms with E-state index in [1.54, 1.807) is 24.3 Å². The van der Waals surface area contributed by atoms with Gasteiger partial charge in [0.15, 0.2) is 0 Å². The Bertz CT molecular complexity index is 1210. The van der Waals surface area contributed by atoms with Gasteiger partial charge in [0, 0.05) is 5.56 Å². The molecular weight excluding hydrogens is 368 g/mol. The number of hydrogen-bond acceptors (Lipinski definition) is 5. The third kappa shape index (κ3) is 2.56. The Morgan fingerprint density at radius 3 is 2.45 bits per heavy atom. The molecule has 2 amide bonds. The van der Waals surface area contributed by atoms with Crippen LogP contribution in [0.1, 0.15) is 15.9 Å². The van der Waals surface area contributed by atoms with Crippen molar-refractivity contribution in [2.75, 3.05) is 4.90 Å². The molecule has 142 valence electrons. The Labute approximate surface area is 166 Å². The summed E-state index contributed by atoms with van der Waals surface area (Å²) in [6, 6.07) is 19.9. The highest BCUT2D eigenvalue weighted by molar-refractivity contribution is 6.53. The van der Waals surface area contributed by atoms with Gasteiger partial charge in [-0.1, -0.05) is 65.3 Å². The zero-order valence-corrected chi connectivity index (χ0v) is 15.5. The van der Waals surface area contributed by atoms with E-state index in [4.69, 9.17) is 4.84 Å². The lowest BCUT2D eigenvalue weighted by Crippen LogP contribution is -2.34. The molecule has 1 fully saturated rings. The van der Waals surface area contributed by atoms with Crippen LogP contribution in [-0.4, -0.2) is 29.4 Å². The minimum atomic E-state index is -1.10. The average Bonchev–Trinajstić information content (AvgIpc) is 3.28. The number of carbonyl (C=O) groups is 3. The van der Waals surface area contributed by atoms with E-state index in [1.807, 2.05) is 49.4 Å². The molecule has 2 atom stereocenters. The third-order valence-corrected chi connectivity index (χ3v) is 5.37. The highest BCUT2D eigenvalue weighted by Gasteiger charge is 2.57. The quantitative estimate of drug-likeness (QED) is 0.513. The predicted molar refractivity (Wildman–Crippen MR) is 108 cm³/mol. The fraction of sp³-hybridized carbons (Fsp3) is 0.130. The molecule has 3 aromatic carbocycles.